The van der Waals surface area contributed by atoms with Gasteiger partial charge in [-0.05, 0) is 43.7 Å². The van der Waals surface area contributed by atoms with E-state index in [0.717, 1.165) is 5.56 Å². The first-order valence-electron chi connectivity index (χ1n) is 9.91. The van der Waals surface area contributed by atoms with E-state index in [0.29, 0.717) is 23.4 Å². The predicted molar refractivity (Wildman–Crippen MR) is 115 cm³/mol. The summed E-state index contributed by atoms with van der Waals surface area (Å²) in [5.41, 5.74) is 2.92. The number of para-hydroxylation sites is 1. The van der Waals surface area contributed by atoms with Gasteiger partial charge in [0, 0.05) is 12.1 Å². The van der Waals surface area contributed by atoms with E-state index in [2.05, 4.69) is 0 Å². The zero-order chi connectivity index (χ0) is 20.4. The molecule has 0 aliphatic carbocycles. The van der Waals surface area contributed by atoms with Crippen LogP contribution in [0, 0.1) is 0 Å². The summed E-state index contributed by atoms with van der Waals surface area (Å²) in [5, 5.41) is 0. The molecule has 0 radical (unpaired) electrons. The lowest BCUT2D eigenvalue weighted by molar-refractivity contribution is 0.0685. The molecule has 4 heteroatoms. The number of fused-ring (bicyclic) bond motifs is 1. The van der Waals surface area contributed by atoms with Crippen LogP contribution >= 0.6 is 0 Å². The molecule has 3 aromatic rings. The maximum Gasteiger partial charge on any atom is 0.258 e. The van der Waals surface area contributed by atoms with Crippen molar-refractivity contribution in [3.8, 4) is 0 Å². The van der Waals surface area contributed by atoms with Crippen LogP contribution in [0.25, 0.3) is 0 Å². The van der Waals surface area contributed by atoms with E-state index in [-0.39, 0.29) is 23.9 Å². The van der Waals surface area contributed by atoms with Gasteiger partial charge in [-0.3, -0.25) is 9.59 Å². The molecule has 0 bridgehead atoms. The van der Waals surface area contributed by atoms with Gasteiger partial charge in [0.1, 0.15) is 0 Å². The molecule has 0 fully saturated rings. The molecular weight excluding hydrogens is 360 g/mol. The maximum atomic E-state index is 13.5. The van der Waals surface area contributed by atoms with E-state index in [1.807, 2.05) is 104 Å². The average molecular weight is 384 g/mol. The molecule has 0 spiro atoms. The summed E-state index contributed by atoms with van der Waals surface area (Å²) < 4.78 is 0. The number of hydrogen-bond acceptors (Lipinski definition) is 2. The van der Waals surface area contributed by atoms with E-state index in [1.54, 1.807) is 4.90 Å². The van der Waals surface area contributed by atoms with Crippen molar-refractivity contribution >= 4 is 17.5 Å². The number of rotatable bonds is 3. The average Bonchev–Trinajstić information content (AvgIpc) is 2.88. The molecule has 4 rings (SSSR count). The van der Waals surface area contributed by atoms with Gasteiger partial charge < -0.3 is 9.80 Å². The number of hydrogen-bond donors (Lipinski definition) is 0. The molecule has 0 saturated heterocycles. The van der Waals surface area contributed by atoms with Crippen molar-refractivity contribution in [3.63, 3.8) is 0 Å². The summed E-state index contributed by atoms with van der Waals surface area (Å²) in [5.74, 6) is -0.139. The Morgan fingerprint density at radius 2 is 1.48 bits per heavy atom. The lowest BCUT2D eigenvalue weighted by Crippen LogP contribution is -2.45. The number of carbonyl (C=O) groups is 2. The summed E-state index contributed by atoms with van der Waals surface area (Å²) >= 11 is 0. The topological polar surface area (TPSA) is 40.6 Å². The monoisotopic (exact) mass is 384 g/mol. The number of benzene rings is 3. The maximum absolute atomic E-state index is 13.5. The summed E-state index contributed by atoms with van der Waals surface area (Å²) in [7, 11) is 0. The van der Waals surface area contributed by atoms with Crippen molar-refractivity contribution in [2.24, 2.45) is 0 Å². The Hall–Kier alpha value is -3.40. The minimum Gasteiger partial charge on any atom is -0.330 e. The second kappa shape index (κ2) is 7.92. The number of nitrogens with zero attached hydrogens (tertiary/aromatic N) is 2. The Bertz CT molecular complexity index is 1020. The third kappa shape index (κ3) is 3.54. The third-order valence-electron chi connectivity index (χ3n) is 5.55. The number of amides is 2. The molecule has 1 aliphatic heterocycles. The highest BCUT2D eigenvalue weighted by molar-refractivity contribution is 6.11. The predicted octanol–water partition coefficient (Wildman–Crippen LogP) is 4.94. The van der Waals surface area contributed by atoms with E-state index < -0.39 is 0 Å². The second-order valence-corrected chi connectivity index (χ2v) is 7.45. The molecule has 0 saturated carbocycles. The van der Waals surface area contributed by atoms with E-state index in [9.17, 15) is 9.59 Å². The standard InChI is InChI=1S/C25H24N2O2/c1-18-17-26(19(2)20-11-5-3-6-12-20)25(29)22-15-9-10-16-23(22)27(18)24(28)21-13-7-4-8-14-21/h3-16,18-19H,17H2,1-2H3/t18-,19-/m1/s1. The van der Waals surface area contributed by atoms with Gasteiger partial charge in [-0.2, -0.15) is 0 Å². The van der Waals surface area contributed by atoms with E-state index in [1.165, 1.54) is 0 Å². The van der Waals surface area contributed by atoms with Gasteiger partial charge in [-0.25, -0.2) is 0 Å². The van der Waals surface area contributed by atoms with Gasteiger partial charge in [0.2, 0.25) is 0 Å². The van der Waals surface area contributed by atoms with Gasteiger partial charge in [0.25, 0.3) is 11.8 Å². The highest BCUT2D eigenvalue weighted by Crippen LogP contribution is 2.33. The first-order chi connectivity index (χ1) is 14.1. The fourth-order valence-corrected chi connectivity index (χ4v) is 3.98. The van der Waals surface area contributed by atoms with Crippen LogP contribution in [0.15, 0.2) is 84.9 Å². The van der Waals surface area contributed by atoms with Gasteiger partial charge in [0.15, 0.2) is 0 Å². The first kappa shape index (κ1) is 18.9. The van der Waals surface area contributed by atoms with Crippen LogP contribution in [0.3, 0.4) is 0 Å². The largest absolute Gasteiger partial charge is 0.330 e. The van der Waals surface area contributed by atoms with Crippen molar-refractivity contribution in [2.75, 3.05) is 11.4 Å². The van der Waals surface area contributed by atoms with Crippen LogP contribution in [-0.2, 0) is 0 Å². The number of anilines is 1. The summed E-state index contributed by atoms with van der Waals surface area (Å²) in [4.78, 5) is 30.5. The Morgan fingerprint density at radius 1 is 0.897 bits per heavy atom. The molecule has 0 aromatic heterocycles. The summed E-state index contributed by atoms with van der Waals surface area (Å²) in [6.45, 7) is 4.50. The molecule has 4 nitrogen and oxygen atoms in total. The van der Waals surface area contributed by atoms with Crippen LogP contribution in [-0.4, -0.2) is 29.3 Å². The van der Waals surface area contributed by atoms with Crippen LogP contribution in [0.1, 0.15) is 46.2 Å². The Balaban J connectivity index is 1.77. The van der Waals surface area contributed by atoms with Gasteiger partial charge in [-0.1, -0.05) is 60.7 Å². The molecule has 146 valence electrons. The molecule has 2 atom stereocenters. The number of carbonyl (C=O) groups excluding carboxylic acids is 2. The Labute approximate surface area is 171 Å². The van der Waals surface area contributed by atoms with Crippen LogP contribution in [0.2, 0.25) is 0 Å². The van der Waals surface area contributed by atoms with Crippen molar-refractivity contribution in [3.05, 3.63) is 102 Å². The lowest BCUT2D eigenvalue weighted by atomic mass is 10.1. The van der Waals surface area contributed by atoms with E-state index >= 15 is 0 Å². The molecule has 1 aliphatic rings. The molecule has 0 unspecified atom stereocenters. The lowest BCUT2D eigenvalue weighted by Gasteiger charge is -2.32. The summed E-state index contributed by atoms with van der Waals surface area (Å²) in [6.07, 6.45) is 0. The van der Waals surface area contributed by atoms with Crippen LogP contribution in [0.5, 0.6) is 0 Å². The van der Waals surface area contributed by atoms with Gasteiger partial charge in [0.05, 0.1) is 23.3 Å². The minimum atomic E-state index is -0.165. The minimum absolute atomic E-state index is 0.0489. The second-order valence-electron chi connectivity index (χ2n) is 7.45. The first-order valence-corrected chi connectivity index (χ1v) is 9.91. The van der Waals surface area contributed by atoms with Crippen molar-refractivity contribution in [1.82, 2.24) is 4.90 Å². The zero-order valence-corrected chi connectivity index (χ0v) is 16.7. The summed E-state index contributed by atoms with van der Waals surface area (Å²) in [6, 6.07) is 26.4. The molecule has 1 heterocycles. The van der Waals surface area contributed by atoms with Crippen LogP contribution < -0.4 is 4.90 Å². The molecular formula is C25H24N2O2. The molecule has 3 aromatic carbocycles. The smallest absolute Gasteiger partial charge is 0.258 e. The third-order valence-corrected chi connectivity index (χ3v) is 5.55. The van der Waals surface area contributed by atoms with Crippen LogP contribution in [0.4, 0.5) is 5.69 Å². The Morgan fingerprint density at radius 3 is 2.17 bits per heavy atom. The van der Waals surface area contributed by atoms with Crippen molar-refractivity contribution < 1.29 is 9.59 Å². The fraction of sp³-hybridized carbons (Fsp3) is 0.200. The molecule has 0 N–H and O–H groups in total. The van der Waals surface area contributed by atoms with Crippen molar-refractivity contribution in [2.45, 2.75) is 25.9 Å². The van der Waals surface area contributed by atoms with Gasteiger partial charge in [-0.15, -0.1) is 0 Å². The SMILES string of the molecule is C[C@H](c1ccccc1)N1C[C@@H](C)N(C(=O)c2ccccc2)c2ccccc2C1=O. The highest BCUT2D eigenvalue weighted by Gasteiger charge is 2.36. The molecule has 2 amide bonds. The highest BCUT2D eigenvalue weighted by atomic mass is 16.2. The fourth-order valence-electron chi connectivity index (χ4n) is 3.98. The van der Waals surface area contributed by atoms with Gasteiger partial charge >= 0.3 is 0 Å². The van der Waals surface area contributed by atoms with E-state index in [4.69, 9.17) is 0 Å². The van der Waals surface area contributed by atoms with Crippen molar-refractivity contribution in [1.29, 1.82) is 0 Å². The normalized spacial score (nSPS) is 17.4. The zero-order valence-electron chi connectivity index (χ0n) is 16.7. The quantitative estimate of drug-likeness (QED) is 0.642. The molecule has 29 heavy (non-hydrogen) atoms. The Kier molecular flexibility index (Phi) is 5.17.